The minimum atomic E-state index is -0.481. The van der Waals surface area contributed by atoms with Crippen molar-refractivity contribution < 1.29 is 9.90 Å². The van der Waals surface area contributed by atoms with Crippen molar-refractivity contribution in [1.82, 2.24) is 0 Å². The molecule has 0 bridgehead atoms. The Morgan fingerprint density at radius 3 is 2.38 bits per heavy atom. The maximum Gasteiger partial charge on any atom is 0.147 e. The van der Waals surface area contributed by atoms with Crippen molar-refractivity contribution in [2.45, 2.75) is 91.1 Å². The van der Waals surface area contributed by atoms with Gasteiger partial charge in [-0.15, -0.1) is 0 Å². The molecule has 4 saturated carbocycles. The lowest BCUT2D eigenvalue weighted by Gasteiger charge is -2.66. The summed E-state index contributed by atoms with van der Waals surface area (Å²) in [6.45, 7) is 9.51. The quantitative estimate of drug-likeness (QED) is 0.572. The molecule has 4 fully saturated rings. The second-order valence-corrected chi connectivity index (χ2v) is 11.9. The second kappa shape index (κ2) is 6.05. The maximum absolute atomic E-state index is 12.6. The van der Waals surface area contributed by atoms with E-state index in [0.717, 1.165) is 37.0 Å². The SMILES string of the molecule is C[C@@]1(O)CC[C@]2(C)[C@H]3CC[C@]4(C)[C@@H](C(=O)CBr)CC[C@H]4C3CC[C@]2(C)C1. The fourth-order valence-corrected chi connectivity index (χ4v) is 8.95. The third-order valence-electron chi connectivity index (χ3n) is 10.1. The molecule has 2 nitrogen and oxygen atoms in total. The Labute approximate surface area is 168 Å². The van der Waals surface area contributed by atoms with Gasteiger partial charge in [0.15, 0.2) is 0 Å². The summed E-state index contributed by atoms with van der Waals surface area (Å²) in [6.07, 6.45) is 10.5. The summed E-state index contributed by atoms with van der Waals surface area (Å²) in [6, 6.07) is 0. The average molecular weight is 425 g/mol. The molecule has 4 aliphatic rings. The van der Waals surface area contributed by atoms with Gasteiger partial charge < -0.3 is 5.11 Å². The highest BCUT2D eigenvalue weighted by atomic mass is 79.9. The largest absolute Gasteiger partial charge is 0.390 e. The number of carbonyl (C=O) groups is 1. The van der Waals surface area contributed by atoms with E-state index in [1.165, 1.54) is 38.5 Å². The zero-order chi connectivity index (χ0) is 19.0. The van der Waals surface area contributed by atoms with E-state index in [0.29, 0.717) is 16.5 Å². The first-order valence-corrected chi connectivity index (χ1v) is 12.0. The van der Waals surface area contributed by atoms with Gasteiger partial charge in [-0.1, -0.05) is 36.7 Å². The number of rotatable bonds is 2. The fraction of sp³-hybridized carbons (Fsp3) is 0.957. The zero-order valence-corrected chi connectivity index (χ0v) is 18.7. The average Bonchev–Trinajstić information content (AvgIpc) is 2.92. The van der Waals surface area contributed by atoms with Crippen LogP contribution in [0.2, 0.25) is 0 Å². The van der Waals surface area contributed by atoms with Crippen LogP contribution >= 0.6 is 15.9 Å². The van der Waals surface area contributed by atoms with Crippen LogP contribution in [-0.4, -0.2) is 21.8 Å². The molecule has 0 aromatic rings. The molecule has 0 amide bonds. The standard InChI is InChI=1S/C23H37BrO2/c1-20-9-7-15-16-5-6-18(19(25)13-24)22(16,3)10-8-17(15)23(20,4)12-11-21(2,26)14-20/h15-18,26H,5-14H2,1-4H3/t15?,16-,17-,18+,20+,21+,22-,23+/m0/s1. The van der Waals surface area contributed by atoms with Gasteiger partial charge in [0.2, 0.25) is 0 Å². The highest BCUT2D eigenvalue weighted by Crippen LogP contribution is 2.71. The Hall–Kier alpha value is 0.110. The van der Waals surface area contributed by atoms with E-state index in [1.807, 2.05) is 0 Å². The highest BCUT2D eigenvalue weighted by Gasteiger charge is 2.64. The summed E-state index contributed by atoms with van der Waals surface area (Å²) < 4.78 is 0. The van der Waals surface area contributed by atoms with Crippen molar-refractivity contribution >= 4 is 21.7 Å². The third-order valence-corrected chi connectivity index (χ3v) is 10.7. The van der Waals surface area contributed by atoms with Crippen LogP contribution < -0.4 is 0 Å². The Balaban J connectivity index is 1.63. The number of hydrogen-bond acceptors (Lipinski definition) is 2. The molecule has 4 rings (SSSR count). The van der Waals surface area contributed by atoms with Crippen molar-refractivity contribution in [2.75, 3.05) is 5.33 Å². The van der Waals surface area contributed by atoms with Crippen LogP contribution in [0.3, 0.4) is 0 Å². The third kappa shape index (κ3) is 2.55. The van der Waals surface area contributed by atoms with Gasteiger partial charge in [-0.25, -0.2) is 0 Å². The van der Waals surface area contributed by atoms with Crippen LogP contribution in [0.4, 0.5) is 0 Å². The van der Waals surface area contributed by atoms with Crippen LogP contribution in [0, 0.1) is 39.9 Å². The fourth-order valence-electron chi connectivity index (χ4n) is 8.56. The van der Waals surface area contributed by atoms with E-state index in [2.05, 4.69) is 43.6 Å². The number of carbonyl (C=O) groups excluding carboxylic acids is 1. The first-order chi connectivity index (χ1) is 12.1. The molecule has 0 aromatic carbocycles. The number of Topliss-reactive ketones (excluding diaryl/α,β-unsaturated/α-hetero) is 1. The monoisotopic (exact) mass is 424 g/mol. The predicted molar refractivity (Wildman–Crippen MR) is 109 cm³/mol. The van der Waals surface area contributed by atoms with Crippen LogP contribution in [0.25, 0.3) is 0 Å². The molecule has 0 heterocycles. The number of hydrogen-bond donors (Lipinski definition) is 1. The van der Waals surface area contributed by atoms with Crippen LogP contribution in [0.5, 0.6) is 0 Å². The van der Waals surface area contributed by atoms with Gasteiger partial charge in [0.1, 0.15) is 5.78 Å². The van der Waals surface area contributed by atoms with Crippen molar-refractivity contribution in [3.8, 4) is 0 Å². The number of fused-ring (bicyclic) bond motifs is 5. The highest BCUT2D eigenvalue weighted by molar-refractivity contribution is 9.09. The van der Waals surface area contributed by atoms with Gasteiger partial charge >= 0.3 is 0 Å². The van der Waals surface area contributed by atoms with Crippen LogP contribution in [0.15, 0.2) is 0 Å². The van der Waals surface area contributed by atoms with E-state index >= 15 is 0 Å². The maximum atomic E-state index is 12.6. The minimum absolute atomic E-state index is 0.232. The topological polar surface area (TPSA) is 37.3 Å². The summed E-state index contributed by atoms with van der Waals surface area (Å²) in [5, 5.41) is 11.3. The smallest absolute Gasteiger partial charge is 0.147 e. The first-order valence-electron chi connectivity index (χ1n) is 10.9. The molecule has 1 unspecified atom stereocenters. The summed E-state index contributed by atoms with van der Waals surface area (Å²) in [5.41, 5.74) is 0.381. The molecule has 3 heteroatoms. The Bertz CT molecular complexity index is 601. The van der Waals surface area contributed by atoms with E-state index < -0.39 is 5.60 Å². The van der Waals surface area contributed by atoms with Gasteiger partial charge in [0, 0.05) is 5.92 Å². The Kier molecular flexibility index (Phi) is 4.52. The van der Waals surface area contributed by atoms with Gasteiger partial charge in [-0.05, 0) is 98.7 Å². The molecule has 0 saturated heterocycles. The summed E-state index contributed by atoms with van der Waals surface area (Å²) >= 11 is 3.43. The molecule has 4 aliphatic carbocycles. The van der Waals surface area contributed by atoms with Gasteiger partial charge in [0.25, 0.3) is 0 Å². The molecular weight excluding hydrogens is 388 g/mol. The first kappa shape index (κ1) is 19.4. The van der Waals surface area contributed by atoms with Crippen molar-refractivity contribution in [1.29, 1.82) is 0 Å². The number of alkyl halides is 1. The Morgan fingerprint density at radius 2 is 1.69 bits per heavy atom. The molecule has 148 valence electrons. The van der Waals surface area contributed by atoms with Gasteiger partial charge in [-0.3, -0.25) is 4.79 Å². The minimum Gasteiger partial charge on any atom is -0.390 e. The summed E-state index contributed by atoms with van der Waals surface area (Å²) in [5.74, 6) is 3.03. The summed E-state index contributed by atoms with van der Waals surface area (Å²) in [7, 11) is 0. The van der Waals surface area contributed by atoms with E-state index in [-0.39, 0.29) is 16.7 Å². The molecule has 0 spiro atoms. The lowest BCUT2D eigenvalue weighted by Crippen LogP contribution is -2.60. The molecular formula is C23H37BrO2. The number of ketones is 1. The molecule has 26 heavy (non-hydrogen) atoms. The molecule has 8 atom stereocenters. The Morgan fingerprint density at radius 1 is 0.962 bits per heavy atom. The lowest BCUT2D eigenvalue weighted by molar-refractivity contribution is -0.189. The van der Waals surface area contributed by atoms with E-state index in [4.69, 9.17) is 0 Å². The van der Waals surface area contributed by atoms with E-state index in [9.17, 15) is 9.90 Å². The second-order valence-electron chi connectivity index (χ2n) is 11.3. The van der Waals surface area contributed by atoms with Crippen LogP contribution in [-0.2, 0) is 4.79 Å². The number of halogens is 1. The molecule has 0 aliphatic heterocycles. The number of aliphatic hydroxyl groups is 1. The zero-order valence-electron chi connectivity index (χ0n) is 17.1. The molecule has 0 radical (unpaired) electrons. The predicted octanol–water partition coefficient (Wildman–Crippen LogP) is 5.75. The van der Waals surface area contributed by atoms with Gasteiger partial charge in [0.05, 0.1) is 10.9 Å². The molecule has 1 N–H and O–H groups in total. The van der Waals surface area contributed by atoms with Crippen molar-refractivity contribution in [3.05, 3.63) is 0 Å². The van der Waals surface area contributed by atoms with Crippen molar-refractivity contribution in [2.24, 2.45) is 39.9 Å². The molecule has 0 aromatic heterocycles. The van der Waals surface area contributed by atoms with Gasteiger partial charge in [-0.2, -0.15) is 0 Å². The van der Waals surface area contributed by atoms with E-state index in [1.54, 1.807) is 0 Å². The van der Waals surface area contributed by atoms with Crippen molar-refractivity contribution in [3.63, 3.8) is 0 Å². The normalized spacial score (nSPS) is 56.4. The summed E-state index contributed by atoms with van der Waals surface area (Å²) in [4.78, 5) is 12.6. The van der Waals surface area contributed by atoms with Crippen LogP contribution in [0.1, 0.15) is 85.5 Å². The lowest BCUT2D eigenvalue weighted by atomic mass is 9.39.